The van der Waals surface area contributed by atoms with Crippen LogP contribution >= 0.6 is 12.4 Å². The molecule has 1 N–H and O–H groups in total. The molecule has 106 valence electrons. The Morgan fingerprint density at radius 3 is 2.84 bits per heavy atom. The number of benzene rings is 1. The zero-order valence-electron chi connectivity index (χ0n) is 11.4. The molecule has 1 rings (SSSR count). The van der Waals surface area contributed by atoms with Crippen LogP contribution in [-0.4, -0.2) is 26.4 Å². The van der Waals surface area contributed by atoms with Crippen molar-refractivity contribution in [1.29, 1.82) is 0 Å². The van der Waals surface area contributed by atoms with Crippen molar-refractivity contribution in [3.05, 3.63) is 29.8 Å². The summed E-state index contributed by atoms with van der Waals surface area (Å²) in [5.41, 5.74) is 1.13. The summed E-state index contributed by atoms with van der Waals surface area (Å²) in [6.07, 6.45) is 6.21. The molecule has 0 aliphatic heterocycles. The van der Waals surface area contributed by atoms with Gasteiger partial charge in [0.15, 0.2) is 0 Å². The molecule has 1 aromatic carbocycles. The molecule has 0 fully saturated rings. The standard InChI is InChI=1S/C15H21NO2.ClH/c1-3-11-18-15-9-6-5-8-14(15)13-16-10-7-12-17-4-2;/h1,5-6,8-9,16H,4,7,10-13H2,2H3;1H. The zero-order chi connectivity index (χ0) is 13.1. The van der Waals surface area contributed by atoms with Gasteiger partial charge < -0.3 is 14.8 Å². The highest BCUT2D eigenvalue weighted by atomic mass is 35.5. The molecule has 0 saturated carbocycles. The van der Waals surface area contributed by atoms with E-state index in [1.807, 2.05) is 31.2 Å². The van der Waals surface area contributed by atoms with E-state index in [9.17, 15) is 0 Å². The molecular formula is C15H22ClNO2. The predicted molar refractivity (Wildman–Crippen MR) is 80.8 cm³/mol. The predicted octanol–water partition coefficient (Wildman–Crippen LogP) is 2.64. The van der Waals surface area contributed by atoms with E-state index in [1.165, 1.54) is 0 Å². The summed E-state index contributed by atoms with van der Waals surface area (Å²) < 4.78 is 10.8. The van der Waals surface area contributed by atoms with Crippen LogP contribution in [0.4, 0.5) is 0 Å². The maximum atomic E-state index is 5.48. The van der Waals surface area contributed by atoms with Crippen molar-refractivity contribution < 1.29 is 9.47 Å². The Morgan fingerprint density at radius 2 is 2.11 bits per heavy atom. The largest absolute Gasteiger partial charge is 0.481 e. The van der Waals surface area contributed by atoms with Gasteiger partial charge in [-0.2, -0.15) is 0 Å². The van der Waals surface area contributed by atoms with Crippen LogP contribution in [0.1, 0.15) is 18.9 Å². The number of ether oxygens (including phenoxy) is 2. The molecular weight excluding hydrogens is 262 g/mol. The van der Waals surface area contributed by atoms with Crippen LogP contribution in [0.15, 0.2) is 24.3 Å². The van der Waals surface area contributed by atoms with E-state index in [1.54, 1.807) is 0 Å². The van der Waals surface area contributed by atoms with Gasteiger partial charge in [-0.05, 0) is 26.0 Å². The van der Waals surface area contributed by atoms with Crippen molar-refractivity contribution >= 4 is 12.4 Å². The van der Waals surface area contributed by atoms with Gasteiger partial charge in [-0.25, -0.2) is 0 Å². The van der Waals surface area contributed by atoms with Crippen molar-refractivity contribution in [3.8, 4) is 18.1 Å². The molecule has 0 heterocycles. The van der Waals surface area contributed by atoms with Crippen LogP contribution in [0.25, 0.3) is 0 Å². The van der Waals surface area contributed by atoms with Gasteiger partial charge in [0, 0.05) is 25.3 Å². The van der Waals surface area contributed by atoms with E-state index in [2.05, 4.69) is 11.2 Å². The van der Waals surface area contributed by atoms with Crippen molar-refractivity contribution in [1.82, 2.24) is 5.32 Å². The highest BCUT2D eigenvalue weighted by Crippen LogP contribution is 2.17. The van der Waals surface area contributed by atoms with Crippen LogP contribution in [-0.2, 0) is 11.3 Å². The van der Waals surface area contributed by atoms with E-state index < -0.39 is 0 Å². The molecule has 0 aromatic heterocycles. The lowest BCUT2D eigenvalue weighted by molar-refractivity contribution is 0.144. The highest BCUT2D eigenvalue weighted by Gasteiger charge is 2.01. The van der Waals surface area contributed by atoms with Crippen LogP contribution < -0.4 is 10.1 Å². The first-order valence-electron chi connectivity index (χ1n) is 6.31. The van der Waals surface area contributed by atoms with Gasteiger partial charge in [0.1, 0.15) is 12.4 Å². The summed E-state index contributed by atoms with van der Waals surface area (Å²) in [5.74, 6) is 3.33. The lowest BCUT2D eigenvalue weighted by Gasteiger charge is -2.10. The first-order chi connectivity index (χ1) is 8.88. The molecule has 1 aromatic rings. The van der Waals surface area contributed by atoms with Gasteiger partial charge in [-0.1, -0.05) is 24.1 Å². The second-order valence-electron chi connectivity index (χ2n) is 3.83. The van der Waals surface area contributed by atoms with Crippen LogP contribution in [0.2, 0.25) is 0 Å². The Bertz CT molecular complexity index is 377. The molecule has 0 aliphatic rings. The highest BCUT2D eigenvalue weighted by molar-refractivity contribution is 5.85. The quantitative estimate of drug-likeness (QED) is 0.558. The molecule has 0 saturated heterocycles. The van der Waals surface area contributed by atoms with Gasteiger partial charge in [-0.3, -0.25) is 0 Å². The van der Waals surface area contributed by atoms with Gasteiger partial charge in [0.25, 0.3) is 0 Å². The van der Waals surface area contributed by atoms with Crippen LogP contribution in [0.5, 0.6) is 5.75 Å². The Balaban J connectivity index is 0.00000324. The van der Waals surface area contributed by atoms with E-state index in [0.29, 0.717) is 6.61 Å². The molecule has 0 amide bonds. The lowest BCUT2D eigenvalue weighted by Crippen LogP contribution is -2.17. The van der Waals surface area contributed by atoms with E-state index in [0.717, 1.165) is 44.0 Å². The summed E-state index contributed by atoms with van der Waals surface area (Å²) in [6, 6.07) is 7.93. The first kappa shape index (κ1) is 17.8. The lowest BCUT2D eigenvalue weighted by atomic mass is 10.2. The number of hydrogen-bond acceptors (Lipinski definition) is 3. The van der Waals surface area contributed by atoms with Crippen LogP contribution in [0, 0.1) is 12.3 Å². The molecule has 0 radical (unpaired) electrons. The number of nitrogens with one attached hydrogen (secondary N) is 1. The number of halogens is 1. The number of hydrogen-bond donors (Lipinski definition) is 1. The molecule has 4 heteroatoms. The average molecular weight is 284 g/mol. The topological polar surface area (TPSA) is 30.5 Å². The zero-order valence-corrected chi connectivity index (χ0v) is 12.2. The Labute approximate surface area is 122 Å². The fourth-order valence-corrected chi connectivity index (χ4v) is 1.58. The monoisotopic (exact) mass is 283 g/mol. The first-order valence-corrected chi connectivity index (χ1v) is 6.31. The molecule has 0 atom stereocenters. The van der Waals surface area contributed by atoms with Gasteiger partial charge in [0.05, 0.1) is 0 Å². The van der Waals surface area contributed by atoms with Gasteiger partial charge in [0.2, 0.25) is 0 Å². The molecule has 0 bridgehead atoms. The Hall–Kier alpha value is -1.21. The number of rotatable bonds is 9. The molecule has 19 heavy (non-hydrogen) atoms. The summed E-state index contributed by atoms with van der Waals surface area (Å²) in [5, 5.41) is 3.37. The Kier molecular flexibility index (Phi) is 11.1. The molecule has 0 unspecified atom stereocenters. The minimum Gasteiger partial charge on any atom is -0.481 e. The summed E-state index contributed by atoms with van der Waals surface area (Å²) in [7, 11) is 0. The average Bonchev–Trinajstić information content (AvgIpc) is 2.41. The summed E-state index contributed by atoms with van der Waals surface area (Å²) in [6.45, 7) is 5.62. The second-order valence-corrected chi connectivity index (χ2v) is 3.83. The van der Waals surface area contributed by atoms with E-state index in [4.69, 9.17) is 15.9 Å². The third kappa shape index (κ3) is 7.74. The SMILES string of the molecule is C#CCOc1ccccc1CNCCCOCC.Cl. The normalized spacial score (nSPS) is 9.47. The number of para-hydroxylation sites is 1. The summed E-state index contributed by atoms with van der Waals surface area (Å²) in [4.78, 5) is 0. The van der Waals surface area contributed by atoms with Crippen molar-refractivity contribution in [2.45, 2.75) is 19.9 Å². The second kappa shape index (κ2) is 11.9. The Morgan fingerprint density at radius 1 is 1.32 bits per heavy atom. The molecule has 0 spiro atoms. The molecule has 0 aliphatic carbocycles. The number of terminal acetylenes is 1. The maximum Gasteiger partial charge on any atom is 0.148 e. The van der Waals surface area contributed by atoms with Crippen molar-refractivity contribution in [3.63, 3.8) is 0 Å². The fraction of sp³-hybridized carbons (Fsp3) is 0.467. The van der Waals surface area contributed by atoms with Gasteiger partial charge >= 0.3 is 0 Å². The minimum absolute atomic E-state index is 0. The minimum atomic E-state index is 0. The molecule has 3 nitrogen and oxygen atoms in total. The third-order valence-electron chi connectivity index (χ3n) is 2.45. The van der Waals surface area contributed by atoms with Gasteiger partial charge in [-0.15, -0.1) is 18.8 Å². The van der Waals surface area contributed by atoms with E-state index in [-0.39, 0.29) is 12.4 Å². The fourth-order valence-electron chi connectivity index (χ4n) is 1.58. The third-order valence-corrected chi connectivity index (χ3v) is 2.45. The van der Waals surface area contributed by atoms with Crippen molar-refractivity contribution in [2.75, 3.05) is 26.4 Å². The van der Waals surface area contributed by atoms with Crippen molar-refractivity contribution in [2.24, 2.45) is 0 Å². The smallest absolute Gasteiger partial charge is 0.148 e. The maximum absolute atomic E-state index is 5.48. The summed E-state index contributed by atoms with van der Waals surface area (Å²) >= 11 is 0. The van der Waals surface area contributed by atoms with E-state index >= 15 is 0 Å². The van der Waals surface area contributed by atoms with Crippen LogP contribution in [0.3, 0.4) is 0 Å².